The van der Waals surface area contributed by atoms with Crippen LogP contribution in [0, 0.1) is 0 Å². The molecule has 0 aliphatic carbocycles. The summed E-state index contributed by atoms with van der Waals surface area (Å²) in [6.07, 6.45) is 0. The van der Waals surface area contributed by atoms with Gasteiger partial charge in [0.15, 0.2) is 0 Å². The SMILES string of the molecule is CC(C)(C)c1ccc(-c2ccc3c(ccc4c3ccc3c5ccc(-c6ccc(C(C)(C)C)cc6)[o+]c5ccc34)[o+]2)cc1. The van der Waals surface area contributed by atoms with E-state index in [-0.39, 0.29) is 10.8 Å². The lowest BCUT2D eigenvalue weighted by atomic mass is 9.86. The van der Waals surface area contributed by atoms with Crippen LogP contribution in [0.5, 0.6) is 0 Å². The Kier molecular flexibility index (Phi) is 5.95. The maximum Gasteiger partial charge on any atom is 0.361 e. The highest BCUT2D eigenvalue weighted by atomic mass is 16.3. The molecule has 0 bridgehead atoms. The molecule has 42 heavy (non-hydrogen) atoms. The van der Waals surface area contributed by atoms with Crippen LogP contribution in [0.3, 0.4) is 0 Å². The smallest absolute Gasteiger partial charge is 0.207 e. The fraction of sp³-hybridized carbons (Fsp3) is 0.200. The zero-order valence-electron chi connectivity index (χ0n) is 25.2. The van der Waals surface area contributed by atoms with Crippen LogP contribution in [0.15, 0.2) is 118 Å². The molecule has 5 aromatic carbocycles. The Morgan fingerprint density at radius 3 is 1.00 bits per heavy atom. The van der Waals surface area contributed by atoms with Gasteiger partial charge in [-0.15, -0.1) is 0 Å². The molecule has 2 heteroatoms. The molecule has 0 aliphatic heterocycles. The fourth-order valence-corrected chi connectivity index (χ4v) is 5.95. The molecule has 0 aliphatic rings. The van der Waals surface area contributed by atoms with E-state index in [2.05, 4.69) is 151 Å². The van der Waals surface area contributed by atoms with Gasteiger partial charge in [0.05, 0.1) is 21.9 Å². The van der Waals surface area contributed by atoms with E-state index in [0.717, 1.165) is 44.6 Å². The van der Waals surface area contributed by atoms with Gasteiger partial charge in [-0.05, 0) is 92.0 Å². The predicted molar refractivity (Wildman–Crippen MR) is 178 cm³/mol. The van der Waals surface area contributed by atoms with Gasteiger partial charge < -0.3 is 0 Å². The molecule has 2 nitrogen and oxygen atoms in total. The van der Waals surface area contributed by atoms with Crippen molar-refractivity contribution in [3.63, 3.8) is 0 Å². The Morgan fingerprint density at radius 1 is 0.333 bits per heavy atom. The van der Waals surface area contributed by atoms with E-state index in [0.29, 0.717) is 0 Å². The molecule has 0 unspecified atom stereocenters. The second kappa shape index (κ2) is 9.49. The van der Waals surface area contributed by atoms with E-state index in [4.69, 9.17) is 8.83 Å². The maximum absolute atomic E-state index is 6.43. The second-order valence-electron chi connectivity index (χ2n) is 13.5. The van der Waals surface area contributed by atoms with Crippen LogP contribution in [0.2, 0.25) is 0 Å². The lowest BCUT2D eigenvalue weighted by Crippen LogP contribution is -2.10. The van der Waals surface area contributed by atoms with E-state index in [1.165, 1.54) is 32.7 Å². The molecule has 7 aromatic rings. The van der Waals surface area contributed by atoms with Crippen LogP contribution in [0.4, 0.5) is 0 Å². The lowest BCUT2D eigenvalue weighted by molar-refractivity contribution is 0.589. The molecular weight excluding hydrogens is 512 g/mol. The molecule has 7 rings (SSSR count). The van der Waals surface area contributed by atoms with Crippen LogP contribution >= 0.6 is 0 Å². The Bertz CT molecular complexity index is 1970. The van der Waals surface area contributed by atoms with Gasteiger partial charge in [0.1, 0.15) is 0 Å². The van der Waals surface area contributed by atoms with Gasteiger partial charge in [0, 0.05) is 24.3 Å². The van der Waals surface area contributed by atoms with Crippen LogP contribution in [-0.2, 0) is 10.8 Å². The molecule has 0 radical (unpaired) electrons. The summed E-state index contributed by atoms with van der Waals surface area (Å²) < 4.78 is 12.9. The molecular formula is C40H36O2+2. The van der Waals surface area contributed by atoms with Crippen molar-refractivity contribution in [2.45, 2.75) is 52.4 Å². The van der Waals surface area contributed by atoms with Crippen LogP contribution < -0.4 is 0 Å². The van der Waals surface area contributed by atoms with Crippen molar-refractivity contribution in [1.82, 2.24) is 0 Å². The summed E-state index contributed by atoms with van der Waals surface area (Å²) >= 11 is 0. The zero-order chi connectivity index (χ0) is 29.2. The molecule has 0 saturated heterocycles. The molecule has 0 saturated carbocycles. The zero-order valence-corrected chi connectivity index (χ0v) is 25.2. The molecule has 0 atom stereocenters. The highest BCUT2D eigenvalue weighted by Gasteiger charge is 2.21. The monoisotopic (exact) mass is 548 g/mol. The second-order valence-corrected chi connectivity index (χ2v) is 13.5. The average molecular weight is 549 g/mol. The normalized spacial score (nSPS) is 12.5. The average Bonchev–Trinajstić information content (AvgIpc) is 2.99. The molecule has 0 N–H and O–H groups in total. The van der Waals surface area contributed by atoms with E-state index in [1.807, 2.05) is 0 Å². The quantitative estimate of drug-likeness (QED) is 0.158. The van der Waals surface area contributed by atoms with Crippen molar-refractivity contribution in [3.8, 4) is 22.6 Å². The minimum absolute atomic E-state index is 0.126. The topological polar surface area (TPSA) is 22.6 Å². The first-order valence-electron chi connectivity index (χ1n) is 14.8. The Labute approximate surface area is 247 Å². The number of benzene rings is 5. The third kappa shape index (κ3) is 4.52. The Morgan fingerprint density at radius 2 is 0.643 bits per heavy atom. The van der Waals surface area contributed by atoms with Crippen molar-refractivity contribution in [2.24, 2.45) is 0 Å². The van der Waals surface area contributed by atoms with Crippen LogP contribution in [0.1, 0.15) is 52.7 Å². The molecule has 0 spiro atoms. The van der Waals surface area contributed by atoms with Crippen LogP contribution in [0.25, 0.3) is 66.1 Å². The van der Waals surface area contributed by atoms with Crippen LogP contribution in [-0.4, -0.2) is 0 Å². The van der Waals surface area contributed by atoms with Crippen molar-refractivity contribution >= 4 is 43.5 Å². The Balaban J connectivity index is 1.28. The van der Waals surface area contributed by atoms with E-state index >= 15 is 0 Å². The van der Waals surface area contributed by atoms with Crippen molar-refractivity contribution in [3.05, 3.63) is 120 Å². The molecule has 2 heterocycles. The summed E-state index contributed by atoms with van der Waals surface area (Å²) in [5, 5.41) is 7.02. The van der Waals surface area contributed by atoms with Gasteiger partial charge >= 0.3 is 22.7 Å². The third-order valence-corrected chi connectivity index (χ3v) is 8.51. The minimum Gasteiger partial charge on any atom is -0.207 e. The summed E-state index contributed by atoms with van der Waals surface area (Å²) in [7, 11) is 0. The van der Waals surface area contributed by atoms with Crippen molar-refractivity contribution < 1.29 is 8.83 Å². The largest absolute Gasteiger partial charge is 0.361 e. The standard InChI is InChI=1S/C40H36O2/c1-39(2,3)27-11-7-25(8-12-27)35-21-19-33-31-15-16-32-30(29(31)17-23-37(33)41-35)18-24-38-34(32)20-22-36(42-38)26-9-13-28(14-10-26)40(4,5)6/h7-24H,1-6H3/q+2. The summed E-state index contributed by atoms with van der Waals surface area (Å²) in [5.41, 5.74) is 6.83. The maximum atomic E-state index is 6.43. The summed E-state index contributed by atoms with van der Waals surface area (Å²) in [6.45, 7) is 13.4. The molecule has 206 valence electrons. The molecule has 2 aromatic heterocycles. The van der Waals surface area contributed by atoms with E-state index in [9.17, 15) is 0 Å². The minimum atomic E-state index is 0.126. The summed E-state index contributed by atoms with van der Waals surface area (Å²) in [4.78, 5) is 0. The van der Waals surface area contributed by atoms with Gasteiger partial charge in [-0.3, -0.25) is 0 Å². The van der Waals surface area contributed by atoms with Crippen molar-refractivity contribution in [2.75, 3.05) is 0 Å². The first-order valence-corrected chi connectivity index (χ1v) is 14.8. The van der Waals surface area contributed by atoms with E-state index in [1.54, 1.807) is 0 Å². The third-order valence-electron chi connectivity index (χ3n) is 8.51. The highest BCUT2D eigenvalue weighted by molar-refractivity contribution is 6.21. The van der Waals surface area contributed by atoms with E-state index < -0.39 is 0 Å². The summed E-state index contributed by atoms with van der Waals surface area (Å²) in [6, 6.07) is 39.0. The number of hydrogen-bond acceptors (Lipinski definition) is 0. The number of hydrogen-bond donors (Lipinski definition) is 0. The van der Waals surface area contributed by atoms with Crippen molar-refractivity contribution in [1.29, 1.82) is 0 Å². The van der Waals surface area contributed by atoms with Gasteiger partial charge in [-0.25, -0.2) is 8.83 Å². The highest BCUT2D eigenvalue weighted by Crippen LogP contribution is 2.37. The first kappa shape index (κ1) is 26.3. The number of fused-ring (bicyclic) bond motifs is 7. The predicted octanol–water partition coefficient (Wildman–Crippen LogP) is 12.0. The Hall–Kier alpha value is -4.56. The molecule has 0 fully saturated rings. The van der Waals surface area contributed by atoms with Gasteiger partial charge in [0.2, 0.25) is 0 Å². The number of rotatable bonds is 2. The fourth-order valence-electron chi connectivity index (χ4n) is 5.95. The summed E-state index contributed by atoms with van der Waals surface area (Å²) in [5.74, 6) is 1.75. The molecule has 0 amide bonds. The van der Waals surface area contributed by atoms with Gasteiger partial charge in [0.25, 0.3) is 0 Å². The lowest BCUT2D eigenvalue weighted by Gasteiger charge is -2.18. The van der Waals surface area contributed by atoms with Gasteiger partial charge in [-0.2, -0.15) is 0 Å². The first-order chi connectivity index (χ1) is 20.1. The van der Waals surface area contributed by atoms with Gasteiger partial charge in [-0.1, -0.05) is 77.9 Å².